The Bertz CT molecular complexity index is 364. The minimum Gasteiger partial charge on any atom is -0.480 e. The number of likely N-dealkylation sites (N-methyl/N-ethyl adjacent to an activating group) is 1. The van der Waals surface area contributed by atoms with Gasteiger partial charge in [0, 0.05) is 13.6 Å². The van der Waals surface area contributed by atoms with Crippen LogP contribution in [-0.2, 0) is 9.59 Å². The lowest BCUT2D eigenvalue weighted by Gasteiger charge is -2.32. The van der Waals surface area contributed by atoms with E-state index in [0.29, 0.717) is 19.4 Å². The second kappa shape index (κ2) is 6.40. The van der Waals surface area contributed by atoms with E-state index in [1.54, 1.807) is 6.92 Å². The maximum atomic E-state index is 12.4. The highest BCUT2D eigenvalue weighted by atomic mass is 16.4. The third-order valence-electron chi connectivity index (χ3n) is 3.28. The fraction of sp³-hybridized carbons (Fsp3) is 0.750. The van der Waals surface area contributed by atoms with Gasteiger partial charge in [0.15, 0.2) is 0 Å². The van der Waals surface area contributed by atoms with Crippen LogP contribution in [-0.4, -0.2) is 53.6 Å². The molecular formula is C12H21N3O4. The molecule has 0 bridgehead atoms. The van der Waals surface area contributed by atoms with Crippen molar-refractivity contribution < 1.29 is 19.5 Å². The summed E-state index contributed by atoms with van der Waals surface area (Å²) in [6.45, 7) is 1.90. The smallest absolute Gasteiger partial charge is 0.323 e. The molecule has 1 aliphatic rings. The minimum atomic E-state index is -1.07. The quantitative estimate of drug-likeness (QED) is 0.663. The maximum absolute atomic E-state index is 12.4. The first-order chi connectivity index (χ1) is 8.91. The van der Waals surface area contributed by atoms with E-state index in [2.05, 4.69) is 10.6 Å². The Morgan fingerprint density at radius 2 is 1.84 bits per heavy atom. The van der Waals surface area contributed by atoms with Gasteiger partial charge < -0.3 is 20.6 Å². The predicted octanol–water partition coefficient (Wildman–Crippen LogP) is 0.161. The molecule has 3 N–H and O–H groups in total. The number of nitrogens with one attached hydrogen (secondary N) is 2. The van der Waals surface area contributed by atoms with Gasteiger partial charge in [-0.05, 0) is 19.8 Å². The highest BCUT2D eigenvalue weighted by molar-refractivity contribution is 5.92. The average molecular weight is 271 g/mol. The van der Waals surface area contributed by atoms with Gasteiger partial charge in [-0.1, -0.05) is 12.8 Å². The second-order valence-electron chi connectivity index (χ2n) is 4.83. The van der Waals surface area contributed by atoms with Crippen molar-refractivity contribution in [2.45, 2.75) is 38.1 Å². The lowest BCUT2D eigenvalue weighted by molar-refractivity contribution is -0.146. The van der Waals surface area contributed by atoms with E-state index in [4.69, 9.17) is 5.11 Å². The van der Waals surface area contributed by atoms with Crippen LogP contribution in [0.4, 0.5) is 4.79 Å². The molecule has 7 nitrogen and oxygen atoms in total. The van der Waals surface area contributed by atoms with Crippen LogP contribution in [0.15, 0.2) is 0 Å². The second-order valence-corrected chi connectivity index (χ2v) is 4.83. The van der Waals surface area contributed by atoms with Crippen molar-refractivity contribution in [1.29, 1.82) is 0 Å². The summed E-state index contributed by atoms with van der Waals surface area (Å²) in [4.78, 5) is 35.8. The van der Waals surface area contributed by atoms with Crippen molar-refractivity contribution >= 4 is 17.9 Å². The fourth-order valence-electron chi connectivity index (χ4n) is 2.43. The van der Waals surface area contributed by atoms with Crippen LogP contribution in [0.1, 0.15) is 32.6 Å². The number of carbonyl (C=O) groups is 3. The van der Waals surface area contributed by atoms with Crippen LogP contribution in [0, 0.1) is 0 Å². The number of carboxylic acids is 1. The number of rotatable bonds is 5. The lowest BCUT2D eigenvalue weighted by atomic mass is 9.95. The largest absolute Gasteiger partial charge is 0.480 e. The Labute approximate surface area is 112 Å². The van der Waals surface area contributed by atoms with Gasteiger partial charge in [0.2, 0.25) is 5.91 Å². The summed E-state index contributed by atoms with van der Waals surface area (Å²) in [5.74, 6) is -1.40. The van der Waals surface area contributed by atoms with Crippen LogP contribution in [0.25, 0.3) is 0 Å². The summed E-state index contributed by atoms with van der Waals surface area (Å²) >= 11 is 0. The van der Waals surface area contributed by atoms with Crippen LogP contribution >= 0.6 is 0 Å². The Morgan fingerprint density at radius 1 is 1.26 bits per heavy atom. The molecule has 0 atom stereocenters. The first-order valence-corrected chi connectivity index (χ1v) is 6.44. The van der Waals surface area contributed by atoms with Gasteiger partial charge in [0.05, 0.1) is 0 Å². The van der Waals surface area contributed by atoms with Gasteiger partial charge in [0.1, 0.15) is 12.1 Å². The molecule has 108 valence electrons. The lowest BCUT2D eigenvalue weighted by Crippen LogP contribution is -2.59. The number of carbonyl (C=O) groups excluding carboxylic acids is 2. The summed E-state index contributed by atoms with van der Waals surface area (Å²) in [6.07, 6.45) is 2.79. The molecule has 0 aromatic heterocycles. The number of carboxylic acid groups (broad SMARTS) is 1. The van der Waals surface area contributed by atoms with Gasteiger partial charge >= 0.3 is 12.0 Å². The van der Waals surface area contributed by atoms with Gasteiger partial charge in [0.25, 0.3) is 0 Å². The zero-order valence-electron chi connectivity index (χ0n) is 11.4. The summed E-state index contributed by atoms with van der Waals surface area (Å²) in [5, 5.41) is 14.0. The Hall–Kier alpha value is -1.79. The SMILES string of the molecule is CCNC(=O)NC1(C(=O)N(C)CC(=O)O)CCCC1. The van der Waals surface area contributed by atoms with Crippen LogP contribution in [0.3, 0.4) is 0 Å². The monoisotopic (exact) mass is 271 g/mol. The zero-order valence-corrected chi connectivity index (χ0v) is 11.4. The maximum Gasteiger partial charge on any atom is 0.323 e. The molecule has 3 amide bonds. The van der Waals surface area contributed by atoms with Crippen molar-refractivity contribution in [3.8, 4) is 0 Å². The molecule has 1 saturated carbocycles. The average Bonchev–Trinajstić information content (AvgIpc) is 2.77. The van der Waals surface area contributed by atoms with Crippen LogP contribution in [0.2, 0.25) is 0 Å². The van der Waals surface area contributed by atoms with E-state index in [-0.39, 0.29) is 18.5 Å². The molecule has 0 heterocycles. The molecule has 7 heteroatoms. The first kappa shape index (κ1) is 15.3. The van der Waals surface area contributed by atoms with Gasteiger partial charge in [-0.15, -0.1) is 0 Å². The summed E-state index contributed by atoms with van der Waals surface area (Å²) in [6, 6.07) is -0.388. The number of nitrogens with zero attached hydrogens (tertiary/aromatic N) is 1. The molecule has 1 aliphatic carbocycles. The Balaban J connectivity index is 2.78. The molecule has 0 aromatic carbocycles. The summed E-state index contributed by atoms with van der Waals surface area (Å²) < 4.78 is 0. The van der Waals surface area contributed by atoms with Gasteiger partial charge in [-0.3, -0.25) is 9.59 Å². The van der Waals surface area contributed by atoms with E-state index in [0.717, 1.165) is 17.7 Å². The zero-order chi connectivity index (χ0) is 14.5. The van der Waals surface area contributed by atoms with Crippen molar-refractivity contribution in [3.05, 3.63) is 0 Å². The molecule has 0 spiro atoms. The third-order valence-corrected chi connectivity index (χ3v) is 3.28. The molecule has 1 fully saturated rings. The van der Waals surface area contributed by atoms with E-state index in [1.165, 1.54) is 7.05 Å². The molecule has 0 aromatic rings. The van der Waals surface area contributed by atoms with E-state index < -0.39 is 11.5 Å². The van der Waals surface area contributed by atoms with E-state index in [9.17, 15) is 14.4 Å². The number of hydrogen-bond acceptors (Lipinski definition) is 3. The van der Waals surface area contributed by atoms with E-state index >= 15 is 0 Å². The van der Waals surface area contributed by atoms with Gasteiger partial charge in [-0.2, -0.15) is 0 Å². The number of urea groups is 1. The van der Waals surface area contributed by atoms with Crippen LogP contribution < -0.4 is 10.6 Å². The Morgan fingerprint density at radius 3 is 2.32 bits per heavy atom. The van der Waals surface area contributed by atoms with Crippen molar-refractivity contribution in [1.82, 2.24) is 15.5 Å². The fourth-order valence-corrected chi connectivity index (χ4v) is 2.43. The summed E-state index contributed by atoms with van der Waals surface area (Å²) in [7, 11) is 1.44. The highest BCUT2D eigenvalue weighted by Crippen LogP contribution is 2.31. The predicted molar refractivity (Wildman–Crippen MR) is 68.7 cm³/mol. The molecule has 0 radical (unpaired) electrons. The molecule has 0 aliphatic heterocycles. The van der Waals surface area contributed by atoms with Crippen molar-refractivity contribution in [2.24, 2.45) is 0 Å². The summed E-state index contributed by atoms with van der Waals surface area (Å²) in [5.41, 5.74) is -0.955. The van der Waals surface area contributed by atoms with Crippen molar-refractivity contribution in [2.75, 3.05) is 20.1 Å². The highest BCUT2D eigenvalue weighted by Gasteiger charge is 2.44. The van der Waals surface area contributed by atoms with Crippen LogP contribution in [0.5, 0.6) is 0 Å². The molecule has 19 heavy (non-hydrogen) atoms. The molecule has 1 rings (SSSR count). The first-order valence-electron chi connectivity index (χ1n) is 6.44. The number of amides is 3. The van der Waals surface area contributed by atoms with E-state index in [1.807, 2.05) is 0 Å². The Kier molecular flexibility index (Phi) is 5.14. The molecular weight excluding hydrogens is 250 g/mol. The molecule has 0 unspecified atom stereocenters. The minimum absolute atomic E-state index is 0.335. The molecule has 0 saturated heterocycles. The number of aliphatic carboxylic acids is 1. The number of hydrogen-bond donors (Lipinski definition) is 3. The topological polar surface area (TPSA) is 98.7 Å². The standard InChI is InChI=1S/C12H21N3O4/c1-3-13-11(19)14-12(6-4-5-7-12)10(18)15(2)8-9(16)17/h3-8H2,1-2H3,(H,16,17)(H2,13,14,19). The van der Waals surface area contributed by atoms with Gasteiger partial charge in [-0.25, -0.2) is 4.79 Å². The normalized spacial score (nSPS) is 16.7. The van der Waals surface area contributed by atoms with Crippen molar-refractivity contribution in [3.63, 3.8) is 0 Å². The third kappa shape index (κ3) is 3.84.